The van der Waals surface area contributed by atoms with Crippen molar-refractivity contribution in [3.8, 4) is 0 Å². The average Bonchev–Trinajstić information content (AvgIpc) is 2.81. The highest BCUT2D eigenvalue weighted by atomic mass is 35.5. The minimum absolute atomic E-state index is 0. The van der Waals surface area contributed by atoms with E-state index in [1.165, 1.54) is 16.6 Å². The highest BCUT2D eigenvalue weighted by molar-refractivity contribution is 5.85. The number of benzene rings is 1. The lowest BCUT2D eigenvalue weighted by atomic mass is 9.95. The second-order valence-corrected chi connectivity index (χ2v) is 5.94. The number of aryl methyl sites for hydroxylation is 1. The van der Waals surface area contributed by atoms with Crippen LogP contribution < -0.4 is 5.73 Å². The van der Waals surface area contributed by atoms with Crippen LogP contribution in [0.2, 0.25) is 0 Å². The van der Waals surface area contributed by atoms with Crippen LogP contribution in [0.1, 0.15) is 26.0 Å². The van der Waals surface area contributed by atoms with Gasteiger partial charge in [0.15, 0.2) is 0 Å². The highest BCUT2D eigenvalue weighted by Gasteiger charge is 2.24. The second kappa shape index (κ2) is 6.77. The zero-order valence-electron chi connectivity index (χ0n) is 12.8. The molecule has 1 aliphatic heterocycles. The Morgan fingerprint density at radius 3 is 2.81 bits per heavy atom. The second-order valence-electron chi connectivity index (χ2n) is 5.94. The van der Waals surface area contributed by atoms with Gasteiger partial charge in [-0.25, -0.2) is 0 Å². The largest absolute Gasteiger partial charge is 0.327 e. The van der Waals surface area contributed by atoms with E-state index in [-0.39, 0.29) is 12.4 Å². The number of aromatic nitrogens is 2. The molecule has 4 nitrogen and oxygen atoms in total. The topological polar surface area (TPSA) is 47.1 Å². The van der Waals surface area contributed by atoms with E-state index in [0.29, 0.717) is 12.0 Å². The first-order valence-electron chi connectivity index (χ1n) is 7.61. The van der Waals surface area contributed by atoms with Crippen molar-refractivity contribution in [2.24, 2.45) is 11.7 Å². The summed E-state index contributed by atoms with van der Waals surface area (Å²) in [6.45, 7) is 8.41. The van der Waals surface area contributed by atoms with Gasteiger partial charge in [0.05, 0.1) is 11.2 Å². The smallest absolute Gasteiger partial charge is 0.0843 e. The van der Waals surface area contributed by atoms with E-state index in [9.17, 15) is 0 Å². The molecule has 116 valence electrons. The Kier molecular flexibility index (Phi) is 5.25. The third-order valence-corrected chi connectivity index (χ3v) is 4.46. The molecular weight excluding hydrogens is 284 g/mol. The summed E-state index contributed by atoms with van der Waals surface area (Å²) >= 11 is 0. The summed E-state index contributed by atoms with van der Waals surface area (Å²) in [6, 6.07) is 8.88. The number of halogens is 1. The van der Waals surface area contributed by atoms with Gasteiger partial charge in [0.25, 0.3) is 0 Å². The lowest BCUT2D eigenvalue weighted by molar-refractivity contribution is 0.156. The molecule has 1 aromatic carbocycles. The summed E-state index contributed by atoms with van der Waals surface area (Å²) in [5.41, 5.74) is 8.55. The molecule has 0 spiro atoms. The first-order chi connectivity index (χ1) is 9.69. The van der Waals surface area contributed by atoms with Gasteiger partial charge in [-0.2, -0.15) is 5.10 Å². The molecule has 2 unspecified atom stereocenters. The van der Waals surface area contributed by atoms with Crippen molar-refractivity contribution in [3.05, 3.63) is 30.0 Å². The number of hydrogen-bond donors (Lipinski definition) is 1. The fourth-order valence-corrected chi connectivity index (χ4v) is 3.16. The minimum Gasteiger partial charge on any atom is -0.327 e. The Bertz CT molecular complexity index is 595. The van der Waals surface area contributed by atoms with Crippen LogP contribution in [0.5, 0.6) is 0 Å². The molecule has 0 bridgehead atoms. The molecular formula is C16H25ClN4. The lowest BCUT2D eigenvalue weighted by Gasteiger charge is -2.34. The molecule has 0 saturated carbocycles. The number of likely N-dealkylation sites (tertiary alicyclic amines) is 1. The van der Waals surface area contributed by atoms with Crippen molar-refractivity contribution in [3.63, 3.8) is 0 Å². The van der Waals surface area contributed by atoms with E-state index < -0.39 is 0 Å². The number of hydrogen-bond acceptors (Lipinski definition) is 3. The van der Waals surface area contributed by atoms with Crippen molar-refractivity contribution in [1.29, 1.82) is 0 Å². The molecule has 1 aliphatic rings. The average molecular weight is 309 g/mol. The van der Waals surface area contributed by atoms with Gasteiger partial charge in [0.2, 0.25) is 0 Å². The summed E-state index contributed by atoms with van der Waals surface area (Å²) in [5.74, 6) is 0.572. The predicted molar refractivity (Wildman–Crippen MR) is 89.7 cm³/mol. The van der Waals surface area contributed by atoms with Gasteiger partial charge >= 0.3 is 0 Å². The van der Waals surface area contributed by atoms with Gasteiger partial charge in [-0.15, -0.1) is 12.4 Å². The fourth-order valence-electron chi connectivity index (χ4n) is 3.16. The molecule has 1 saturated heterocycles. The van der Waals surface area contributed by atoms with E-state index >= 15 is 0 Å². The van der Waals surface area contributed by atoms with Crippen LogP contribution in [0, 0.1) is 5.92 Å². The number of rotatable bonds is 3. The van der Waals surface area contributed by atoms with Gasteiger partial charge in [0, 0.05) is 37.6 Å². The molecule has 2 N–H and O–H groups in total. The number of nitrogens with two attached hydrogens (primary N) is 1. The Labute approximate surface area is 132 Å². The summed E-state index contributed by atoms with van der Waals surface area (Å²) in [4.78, 5) is 2.49. The van der Waals surface area contributed by atoms with Crippen molar-refractivity contribution < 1.29 is 0 Å². The van der Waals surface area contributed by atoms with E-state index in [0.717, 1.165) is 32.6 Å². The molecule has 1 aromatic heterocycles. The van der Waals surface area contributed by atoms with Crippen LogP contribution in [0.4, 0.5) is 0 Å². The van der Waals surface area contributed by atoms with E-state index in [2.05, 4.69) is 47.7 Å². The summed E-state index contributed by atoms with van der Waals surface area (Å²) < 4.78 is 2.10. The highest BCUT2D eigenvalue weighted by Crippen LogP contribution is 2.22. The quantitative estimate of drug-likeness (QED) is 0.948. The van der Waals surface area contributed by atoms with Gasteiger partial charge in [-0.05, 0) is 25.3 Å². The molecule has 3 rings (SSSR count). The Morgan fingerprint density at radius 2 is 2.10 bits per heavy atom. The monoisotopic (exact) mass is 308 g/mol. The zero-order valence-corrected chi connectivity index (χ0v) is 13.6. The molecule has 0 aliphatic carbocycles. The molecule has 0 amide bonds. The van der Waals surface area contributed by atoms with Crippen LogP contribution in [-0.4, -0.2) is 33.8 Å². The molecule has 2 heterocycles. The third kappa shape index (κ3) is 3.23. The van der Waals surface area contributed by atoms with Crippen LogP contribution in [0.15, 0.2) is 24.3 Å². The van der Waals surface area contributed by atoms with E-state index in [1.807, 2.05) is 0 Å². The molecule has 21 heavy (non-hydrogen) atoms. The summed E-state index contributed by atoms with van der Waals surface area (Å²) in [7, 11) is 0. The standard InChI is InChI=1S/C16H24N4.ClH/c1-3-20-16-7-5-4-6-13(16)15(18-20)11-19-9-8-14(17)12(2)10-19;/h4-7,12,14H,3,8-11,17H2,1-2H3;1H. The Balaban J connectivity index is 0.00000161. The lowest BCUT2D eigenvalue weighted by Crippen LogP contribution is -2.45. The maximum atomic E-state index is 6.10. The maximum Gasteiger partial charge on any atom is 0.0843 e. The molecule has 2 atom stereocenters. The summed E-state index contributed by atoms with van der Waals surface area (Å²) in [5, 5.41) is 6.08. The number of piperidine rings is 1. The van der Waals surface area contributed by atoms with Crippen molar-refractivity contribution in [1.82, 2.24) is 14.7 Å². The Morgan fingerprint density at radius 1 is 1.33 bits per heavy atom. The van der Waals surface area contributed by atoms with Crippen LogP contribution in [0.25, 0.3) is 10.9 Å². The normalized spacial score (nSPS) is 23.2. The van der Waals surface area contributed by atoms with E-state index in [1.54, 1.807) is 0 Å². The number of para-hydroxylation sites is 1. The minimum atomic E-state index is 0. The first kappa shape index (κ1) is 16.3. The maximum absolute atomic E-state index is 6.10. The predicted octanol–water partition coefficient (Wildman–Crippen LogP) is 2.65. The Hall–Kier alpha value is -1.10. The molecule has 5 heteroatoms. The van der Waals surface area contributed by atoms with Crippen molar-refractivity contribution >= 4 is 23.3 Å². The number of fused-ring (bicyclic) bond motifs is 1. The third-order valence-electron chi connectivity index (χ3n) is 4.46. The van der Waals surface area contributed by atoms with Gasteiger partial charge < -0.3 is 5.73 Å². The zero-order chi connectivity index (χ0) is 14.1. The number of nitrogens with zero attached hydrogens (tertiary/aromatic N) is 3. The van der Waals surface area contributed by atoms with E-state index in [4.69, 9.17) is 10.8 Å². The van der Waals surface area contributed by atoms with Gasteiger partial charge in [0.1, 0.15) is 0 Å². The SMILES string of the molecule is CCn1nc(CN2CCC(N)C(C)C2)c2ccccc21.Cl. The molecule has 0 radical (unpaired) electrons. The van der Waals surface area contributed by atoms with Crippen molar-refractivity contribution in [2.75, 3.05) is 13.1 Å². The van der Waals surface area contributed by atoms with Gasteiger partial charge in [-0.3, -0.25) is 9.58 Å². The van der Waals surface area contributed by atoms with Crippen LogP contribution >= 0.6 is 12.4 Å². The van der Waals surface area contributed by atoms with Crippen LogP contribution in [-0.2, 0) is 13.1 Å². The molecule has 2 aromatic rings. The summed E-state index contributed by atoms with van der Waals surface area (Å²) in [6.07, 6.45) is 1.09. The molecule has 1 fully saturated rings. The first-order valence-corrected chi connectivity index (χ1v) is 7.61. The fraction of sp³-hybridized carbons (Fsp3) is 0.562. The van der Waals surface area contributed by atoms with Crippen molar-refractivity contribution in [2.45, 2.75) is 39.4 Å². The van der Waals surface area contributed by atoms with Gasteiger partial charge in [-0.1, -0.05) is 25.1 Å². The van der Waals surface area contributed by atoms with Crippen LogP contribution in [0.3, 0.4) is 0 Å².